The number of amides is 1. The summed E-state index contributed by atoms with van der Waals surface area (Å²) >= 11 is 2.78. The lowest BCUT2D eigenvalue weighted by atomic mass is 9.97. The predicted molar refractivity (Wildman–Crippen MR) is 104 cm³/mol. The lowest BCUT2D eigenvalue weighted by molar-refractivity contribution is -0.120. The fraction of sp³-hybridized carbons (Fsp3) is 0.294. The van der Waals surface area contributed by atoms with Gasteiger partial charge in [0.2, 0.25) is 5.91 Å². The number of thiazole rings is 1. The van der Waals surface area contributed by atoms with Crippen LogP contribution < -0.4 is 5.32 Å². The van der Waals surface area contributed by atoms with Crippen LogP contribution in [0.4, 0.5) is 5.69 Å². The SMILES string of the molecule is O=C(Nc1ccc2scnc2c1)C1CCN(S(=O)(=O)c2cccs2)CC1. The first-order valence-corrected chi connectivity index (χ1v) is 11.4. The fourth-order valence-electron chi connectivity index (χ4n) is 3.08. The second kappa shape index (κ2) is 7.07. The van der Waals surface area contributed by atoms with Gasteiger partial charge in [-0.25, -0.2) is 13.4 Å². The number of rotatable bonds is 4. The highest BCUT2D eigenvalue weighted by atomic mass is 32.2. The maximum Gasteiger partial charge on any atom is 0.252 e. The molecule has 1 N–H and O–H groups in total. The van der Waals surface area contributed by atoms with Crippen LogP contribution in [0.25, 0.3) is 10.2 Å². The molecule has 6 nitrogen and oxygen atoms in total. The standard InChI is InChI=1S/C17H17N3O3S3/c21-17(19-13-3-4-15-14(10-13)18-11-25-15)12-5-7-20(8-6-12)26(22,23)16-2-1-9-24-16/h1-4,9-12H,5-8H2,(H,19,21). The Labute approximate surface area is 159 Å². The Bertz CT molecular complexity index is 1020. The number of nitrogens with one attached hydrogen (secondary N) is 1. The zero-order chi connectivity index (χ0) is 18.1. The monoisotopic (exact) mass is 407 g/mol. The summed E-state index contributed by atoms with van der Waals surface area (Å²) in [6.45, 7) is 0.729. The van der Waals surface area contributed by atoms with E-state index < -0.39 is 10.0 Å². The maximum absolute atomic E-state index is 12.5. The molecule has 1 aromatic carbocycles. The van der Waals surface area contributed by atoms with E-state index in [9.17, 15) is 13.2 Å². The third-order valence-corrected chi connectivity index (χ3v) is 8.59. The Balaban J connectivity index is 1.39. The first-order valence-electron chi connectivity index (χ1n) is 8.22. The van der Waals surface area contributed by atoms with Gasteiger partial charge in [-0.05, 0) is 42.5 Å². The van der Waals surface area contributed by atoms with Crippen molar-refractivity contribution in [2.45, 2.75) is 17.1 Å². The van der Waals surface area contributed by atoms with Crippen molar-refractivity contribution in [1.82, 2.24) is 9.29 Å². The number of thiophene rings is 1. The molecule has 0 unspecified atom stereocenters. The van der Waals surface area contributed by atoms with Gasteiger partial charge in [0.15, 0.2) is 0 Å². The van der Waals surface area contributed by atoms with Gasteiger partial charge in [-0.2, -0.15) is 4.31 Å². The van der Waals surface area contributed by atoms with Crippen molar-refractivity contribution >= 4 is 54.5 Å². The largest absolute Gasteiger partial charge is 0.326 e. The zero-order valence-electron chi connectivity index (χ0n) is 13.8. The average Bonchev–Trinajstić information content (AvgIpc) is 3.33. The van der Waals surface area contributed by atoms with Crippen LogP contribution in [-0.2, 0) is 14.8 Å². The van der Waals surface area contributed by atoms with E-state index in [4.69, 9.17) is 0 Å². The van der Waals surface area contributed by atoms with Crippen LogP contribution in [0, 0.1) is 5.92 Å². The summed E-state index contributed by atoms with van der Waals surface area (Å²) in [5.41, 5.74) is 3.37. The summed E-state index contributed by atoms with van der Waals surface area (Å²) < 4.78 is 28.0. The van der Waals surface area contributed by atoms with Gasteiger partial charge >= 0.3 is 0 Å². The quantitative estimate of drug-likeness (QED) is 0.719. The highest BCUT2D eigenvalue weighted by molar-refractivity contribution is 7.91. The van der Waals surface area contributed by atoms with Gasteiger partial charge in [0.1, 0.15) is 4.21 Å². The van der Waals surface area contributed by atoms with E-state index in [2.05, 4.69) is 10.3 Å². The van der Waals surface area contributed by atoms with E-state index in [1.165, 1.54) is 15.6 Å². The van der Waals surface area contributed by atoms with Crippen LogP contribution >= 0.6 is 22.7 Å². The number of hydrogen-bond donors (Lipinski definition) is 1. The molecular formula is C17H17N3O3S3. The van der Waals surface area contributed by atoms with Crippen molar-refractivity contribution in [3.8, 4) is 0 Å². The molecule has 1 amide bonds. The highest BCUT2D eigenvalue weighted by Crippen LogP contribution is 2.27. The van der Waals surface area contributed by atoms with Crippen molar-refractivity contribution in [3.63, 3.8) is 0 Å². The second-order valence-electron chi connectivity index (χ2n) is 6.13. The molecule has 0 aliphatic carbocycles. The van der Waals surface area contributed by atoms with Gasteiger partial charge in [0, 0.05) is 24.7 Å². The number of aromatic nitrogens is 1. The number of hydrogen-bond acceptors (Lipinski definition) is 6. The molecule has 9 heteroatoms. The minimum atomic E-state index is -3.43. The lowest BCUT2D eigenvalue weighted by Gasteiger charge is -2.30. The molecule has 0 saturated carbocycles. The Morgan fingerprint density at radius 1 is 1.19 bits per heavy atom. The second-order valence-corrected chi connectivity index (χ2v) is 10.1. The minimum Gasteiger partial charge on any atom is -0.326 e. The van der Waals surface area contributed by atoms with Crippen molar-refractivity contribution in [2.75, 3.05) is 18.4 Å². The molecule has 26 heavy (non-hydrogen) atoms. The number of nitrogens with zero attached hydrogens (tertiary/aromatic N) is 2. The Morgan fingerprint density at radius 3 is 2.73 bits per heavy atom. The molecule has 0 radical (unpaired) electrons. The molecule has 0 spiro atoms. The van der Waals surface area contributed by atoms with Crippen LogP contribution in [0.2, 0.25) is 0 Å². The summed E-state index contributed by atoms with van der Waals surface area (Å²) in [6, 6.07) is 9.03. The molecule has 1 aliphatic heterocycles. The number of carbonyl (C=O) groups is 1. The molecule has 0 atom stereocenters. The summed E-state index contributed by atoms with van der Waals surface area (Å²) in [4.78, 5) is 16.8. The third-order valence-electron chi connectivity index (χ3n) is 4.51. The van der Waals surface area contributed by atoms with Crippen molar-refractivity contribution < 1.29 is 13.2 Å². The number of fused-ring (bicyclic) bond motifs is 1. The van der Waals surface area contributed by atoms with E-state index in [0.29, 0.717) is 30.1 Å². The number of benzene rings is 1. The fourth-order valence-corrected chi connectivity index (χ4v) is 6.35. The molecule has 3 heterocycles. The highest BCUT2D eigenvalue weighted by Gasteiger charge is 2.32. The number of sulfonamides is 1. The van der Waals surface area contributed by atoms with Gasteiger partial charge in [-0.1, -0.05) is 6.07 Å². The first kappa shape index (κ1) is 17.6. The molecule has 3 aromatic rings. The molecule has 0 bridgehead atoms. The van der Waals surface area contributed by atoms with Crippen LogP contribution in [-0.4, -0.2) is 36.7 Å². The van der Waals surface area contributed by atoms with Gasteiger partial charge in [-0.3, -0.25) is 4.79 Å². The molecule has 136 valence electrons. The average molecular weight is 408 g/mol. The van der Waals surface area contributed by atoms with Gasteiger partial charge in [0.05, 0.1) is 15.7 Å². The molecular weight excluding hydrogens is 390 g/mol. The van der Waals surface area contributed by atoms with Gasteiger partial charge < -0.3 is 5.32 Å². The van der Waals surface area contributed by atoms with E-state index >= 15 is 0 Å². The third kappa shape index (κ3) is 3.39. The molecule has 2 aromatic heterocycles. The number of carbonyl (C=O) groups excluding carboxylic acids is 1. The molecule has 1 aliphatic rings. The smallest absolute Gasteiger partial charge is 0.252 e. The predicted octanol–water partition coefficient (Wildman–Crippen LogP) is 3.40. The van der Waals surface area contributed by atoms with Crippen molar-refractivity contribution in [1.29, 1.82) is 0 Å². The van der Waals surface area contributed by atoms with Gasteiger partial charge in [0.25, 0.3) is 10.0 Å². The summed E-state index contributed by atoms with van der Waals surface area (Å²) in [6.07, 6.45) is 1.05. The van der Waals surface area contributed by atoms with E-state index in [1.54, 1.807) is 34.4 Å². The van der Waals surface area contributed by atoms with Gasteiger partial charge in [-0.15, -0.1) is 22.7 Å². The van der Waals surface area contributed by atoms with E-state index in [-0.39, 0.29) is 11.8 Å². The Kier molecular flexibility index (Phi) is 4.78. The van der Waals surface area contributed by atoms with Crippen LogP contribution in [0.1, 0.15) is 12.8 Å². The van der Waals surface area contributed by atoms with Crippen molar-refractivity contribution in [2.24, 2.45) is 5.92 Å². The number of piperidine rings is 1. The van der Waals surface area contributed by atoms with Crippen molar-refractivity contribution in [3.05, 3.63) is 41.2 Å². The summed E-state index contributed by atoms with van der Waals surface area (Å²) in [5.74, 6) is -0.247. The minimum absolute atomic E-state index is 0.0623. The van der Waals surface area contributed by atoms with E-state index in [0.717, 1.165) is 15.9 Å². The number of anilines is 1. The zero-order valence-corrected chi connectivity index (χ0v) is 16.2. The summed E-state index contributed by atoms with van der Waals surface area (Å²) in [5, 5.41) is 4.69. The lowest BCUT2D eigenvalue weighted by Crippen LogP contribution is -2.41. The Hall–Kier alpha value is -1.81. The molecule has 4 rings (SSSR count). The van der Waals surface area contributed by atoms with Crippen LogP contribution in [0.5, 0.6) is 0 Å². The Morgan fingerprint density at radius 2 is 2.00 bits per heavy atom. The normalized spacial score (nSPS) is 16.8. The molecule has 1 saturated heterocycles. The maximum atomic E-state index is 12.5. The van der Waals surface area contributed by atoms with Crippen LogP contribution in [0.3, 0.4) is 0 Å². The van der Waals surface area contributed by atoms with Crippen LogP contribution in [0.15, 0.2) is 45.4 Å². The first-order chi connectivity index (χ1) is 12.5. The summed E-state index contributed by atoms with van der Waals surface area (Å²) in [7, 11) is -3.43. The molecule has 1 fully saturated rings. The van der Waals surface area contributed by atoms with E-state index in [1.807, 2.05) is 18.2 Å². The topological polar surface area (TPSA) is 79.4 Å².